The Morgan fingerprint density at radius 1 is 1.42 bits per heavy atom. The van der Waals surface area contributed by atoms with Crippen molar-refractivity contribution >= 4 is 22.6 Å². The lowest BCUT2D eigenvalue weighted by atomic mass is 10.1. The average Bonchev–Trinajstić information content (AvgIpc) is 2.86. The highest BCUT2D eigenvalue weighted by Gasteiger charge is 2.31. The Bertz CT molecular complexity index is 644. The van der Waals surface area contributed by atoms with Crippen LogP contribution in [0.15, 0.2) is 30.5 Å². The maximum Gasteiger partial charge on any atom is 0.326 e. The second-order valence-electron chi connectivity index (χ2n) is 4.68. The number of benzene rings is 1. The van der Waals surface area contributed by atoms with Crippen molar-refractivity contribution in [3.05, 3.63) is 36.3 Å². The minimum absolute atomic E-state index is 0.339. The molecule has 0 aliphatic carbocycles. The molecule has 1 fully saturated rings. The molecule has 1 aliphatic heterocycles. The van der Waals surface area contributed by atoms with Gasteiger partial charge in [0.15, 0.2) is 0 Å². The SMILES string of the molecule is O=C(O)[C@@H]1CCCN1c1ccnc2cc(F)ccc12. The van der Waals surface area contributed by atoms with Crippen molar-refractivity contribution in [2.24, 2.45) is 0 Å². The zero-order valence-electron chi connectivity index (χ0n) is 10.2. The lowest BCUT2D eigenvalue weighted by Gasteiger charge is -2.24. The number of carboxylic acids is 1. The highest BCUT2D eigenvalue weighted by molar-refractivity contribution is 5.93. The topological polar surface area (TPSA) is 53.4 Å². The van der Waals surface area contributed by atoms with E-state index in [1.165, 1.54) is 12.1 Å². The standard InChI is InChI=1S/C14H13FN2O2/c15-9-3-4-10-11(8-9)16-6-5-12(10)17-7-1-2-13(17)14(18)19/h3-6,8,13H,1-2,7H2,(H,18,19)/t13-/m0/s1. The van der Waals surface area contributed by atoms with E-state index in [1.807, 2.05) is 4.90 Å². The largest absolute Gasteiger partial charge is 0.480 e. The van der Waals surface area contributed by atoms with Crippen LogP contribution in [0, 0.1) is 5.82 Å². The first-order valence-electron chi connectivity index (χ1n) is 6.20. The van der Waals surface area contributed by atoms with Gasteiger partial charge in [-0.15, -0.1) is 0 Å². The molecule has 5 heteroatoms. The number of fused-ring (bicyclic) bond motifs is 1. The van der Waals surface area contributed by atoms with Crippen molar-refractivity contribution < 1.29 is 14.3 Å². The summed E-state index contributed by atoms with van der Waals surface area (Å²) in [7, 11) is 0. The number of aromatic nitrogens is 1. The highest BCUT2D eigenvalue weighted by atomic mass is 19.1. The van der Waals surface area contributed by atoms with E-state index < -0.39 is 12.0 Å². The smallest absolute Gasteiger partial charge is 0.326 e. The van der Waals surface area contributed by atoms with Crippen molar-refractivity contribution in [2.75, 3.05) is 11.4 Å². The van der Waals surface area contributed by atoms with Crippen LogP contribution in [0.25, 0.3) is 10.9 Å². The lowest BCUT2D eigenvalue weighted by molar-refractivity contribution is -0.138. The van der Waals surface area contributed by atoms with E-state index in [0.29, 0.717) is 18.5 Å². The molecular formula is C14H13FN2O2. The molecule has 0 amide bonds. The number of hydrogen-bond acceptors (Lipinski definition) is 3. The first kappa shape index (κ1) is 11.9. The molecule has 2 heterocycles. The van der Waals surface area contributed by atoms with Crippen LogP contribution in [-0.2, 0) is 4.79 Å². The van der Waals surface area contributed by atoms with Gasteiger partial charge in [0.1, 0.15) is 11.9 Å². The summed E-state index contributed by atoms with van der Waals surface area (Å²) in [5.41, 5.74) is 1.36. The predicted octanol–water partition coefficient (Wildman–Crippen LogP) is 2.43. The Hall–Kier alpha value is -2.17. The molecule has 1 N–H and O–H groups in total. The van der Waals surface area contributed by atoms with Crippen molar-refractivity contribution in [1.29, 1.82) is 0 Å². The van der Waals surface area contributed by atoms with Crippen LogP contribution in [-0.4, -0.2) is 28.6 Å². The molecular weight excluding hydrogens is 247 g/mol. The van der Waals surface area contributed by atoms with E-state index in [-0.39, 0.29) is 5.82 Å². The van der Waals surface area contributed by atoms with Crippen LogP contribution >= 0.6 is 0 Å². The van der Waals surface area contributed by atoms with Gasteiger partial charge in [-0.1, -0.05) is 0 Å². The summed E-state index contributed by atoms with van der Waals surface area (Å²) < 4.78 is 13.2. The Kier molecular flexibility index (Phi) is 2.81. The Morgan fingerprint density at radius 3 is 3.05 bits per heavy atom. The van der Waals surface area contributed by atoms with Crippen LogP contribution in [0.4, 0.5) is 10.1 Å². The third-order valence-corrected chi connectivity index (χ3v) is 3.53. The quantitative estimate of drug-likeness (QED) is 0.901. The molecule has 0 spiro atoms. The zero-order valence-corrected chi connectivity index (χ0v) is 10.2. The van der Waals surface area contributed by atoms with Crippen molar-refractivity contribution in [2.45, 2.75) is 18.9 Å². The first-order valence-corrected chi connectivity index (χ1v) is 6.20. The number of pyridine rings is 1. The van der Waals surface area contributed by atoms with Gasteiger partial charge in [-0.2, -0.15) is 0 Å². The number of nitrogens with zero attached hydrogens (tertiary/aromatic N) is 2. The number of carboxylic acid groups (broad SMARTS) is 1. The highest BCUT2D eigenvalue weighted by Crippen LogP contribution is 2.31. The van der Waals surface area contributed by atoms with Crippen molar-refractivity contribution in [1.82, 2.24) is 4.98 Å². The number of rotatable bonds is 2. The monoisotopic (exact) mass is 260 g/mol. The molecule has 0 unspecified atom stereocenters. The summed E-state index contributed by atoms with van der Waals surface area (Å²) in [6.07, 6.45) is 3.08. The van der Waals surface area contributed by atoms with Crippen LogP contribution in [0.3, 0.4) is 0 Å². The third kappa shape index (κ3) is 2.01. The van der Waals surface area contributed by atoms with Crippen molar-refractivity contribution in [3.8, 4) is 0 Å². The predicted molar refractivity (Wildman–Crippen MR) is 69.7 cm³/mol. The summed E-state index contributed by atoms with van der Waals surface area (Å²) in [6.45, 7) is 0.702. The second-order valence-corrected chi connectivity index (χ2v) is 4.68. The Balaban J connectivity index is 2.12. The molecule has 1 aromatic carbocycles. The summed E-state index contributed by atoms with van der Waals surface area (Å²) in [5, 5.41) is 10.0. The van der Waals surface area contributed by atoms with Crippen LogP contribution < -0.4 is 4.90 Å². The minimum Gasteiger partial charge on any atom is -0.480 e. The van der Waals surface area contributed by atoms with Gasteiger partial charge in [0.25, 0.3) is 0 Å². The zero-order chi connectivity index (χ0) is 13.4. The second kappa shape index (κ2) is 4.50. The summed E-state index contributed by atoms with van der Waals surface area (Å²) in [4.78, 5) is 17.3. The molecule has 0 saturated carbocycles. The van der Waals surface area contributed by atoms with Gasteiger partial charge >= 0.3 is 5.97 Å². The molecule has 1 aromatic heterocycles. The molecule has 1 saturated heterocycles. The van der Waals surface area contributed by atoms with Crippen LogP contribution in [0.2, 0.25) is 0 Å². The molecule has 0 radical (unpaired) electrons. The molecule has 1 aliphatic rings. The summed E-state index contributed by atoms with van der Waals surface area (Å²) in [5.74, 6) is -1.15. The van der Waals surface area contributed by atoms with Gasteiger partial charge < -0.3 is 10.0 Å². The van der Waals surface area contributed by atoms with E-state index in [4.69, 9.17) is 0 Å². The lowest BCUT2D eigenvalue weighted by Crippen LogP contribution is -2.36. The molecule has 0 bridgehead atoms. The fraction of sp³-hybridized carbons (Fsp3) is 0.286. The van der Waals surface area contributed by atoms with Crippen LogP contribution in [0.5, 0.6) is 0 Å². The van der Waals surface area contributed by atoms with Gasteiger partial charge in [0, 0.05) is 29.9 Å². The third-order valence-electron chi connectivity index (χ3n) is 3.53. The summed E-state index contributed by atoms with van der Waals surface area (Å²) in [6, 6.07) is 5.69. The molecule has 4 nitrogen and oxygen atoms in total. The molecule has 1 atom stereocenters. The number of carbonyl (C=O) groups is 1. The van der Waals surface area contributed by atoms with E-state index in [2.05, 4.69) is 4.98 Å². The van der Waals surface area contributed by atoms with E-state index >= 15 is 0 Å². The van der Waals surface area contributed by atoms with Gasteiger partial charge in [-0.3, -0.25) is 4.98 Å². The molecule has 98 valence electrons. The molecule has 3 rings (SSSR count). The van der Waals surface area contributed by atoms with Gasteiger partial charge in [-0.25, -0.2) is 9.18 Å². The first-order chi connectivity index (χ1) is 9.16. The minimum atomic E-state index is -0.815. The van der Waals surface area contributed by atoms with E-state index in [1.54, 1.807) is 18.3 Å². The number of hydrogen-bond donors (Lipinski definition) is 1. The average molecular weight is 260 g/mol. The normalized spacial score (nSPS) is 19.0. The fourth-order valence-corrected chi connectivity index (χ4v) is 2.67. The fourth-order valence-electron chi connectivity index (χ4n) is 2.67. The van der Waals surface area contributed by atoms with E-state index in [9.17, 15) is 14.3 Å². The van der Waals surface area contributed by atoms with E-state index in [0.717, 1.165) is 17.5 Å². The maximum absolute atomic E-state index is 13.2. The molecule has 19 heavy (non-hydrogen) atoms. The Labute approximate surface area is 109 Å². The van der Waals surface area contributed by atoms with Crippen molar-refractivity contribution in [3.63, 3.8) is 0 Å². The number of halogens is 1. The number of aliphatic carboxylic acids is 1. The maximum atomic E-state index is 13.2. The van der Waals surface area contributed by atoms with Gasteiger partial charge in [0.2, 0.25) is 0 Å². The van der Waals surface area contributed by atoms with Gasteiger partial charge in [-0.05, 0) is 31.0 Å². The molecule has 2 aromatic rings. The van der Waals surface area contributed by atoms with Crippen LogP contribution in [0.1, 0.15) is 12.8 Å². The Morgan fingerprint density at radius 2 is 2.26 bits per heavy atom. The van der Waals surface area contributed by atoms with Gasteiger partial charge in [0.05, 0.1) is 5.52 Å². The number of anilines is 1. The summed E-state index contributed by atoms with van der Waals surface area (Å²) >= 11 is 0.